The molecule has 24 heavy (non-hydrogen) atoms. The van der Waals surface area contributed by atoms with Crippen molar-refractivity contribution < 1.29 is 4.74 Å². The van der Waals surface area contributed by atoms with Crippen molar-refractivity contribution in [2.75, 3.05) is 46.4 Å². The van der Waals surface area contributed by atoms with Crippen LogP contribution in [-0.2, 0) is 11.3 Å². The number of thiazole rings is 1. The lowest BCUT2D eigenvalue weighted by molar-refractivity contribution is 0.0169. The molecule has 3 heterocycles. The predicted molar refractivity (Wildman–Crippen MR) is 98.3 cm³/mol. The van der Waals surface area contributed by atoms with Crippen LogP contribution in [0.2, 0.25) is 0 Å². The van der Waals surface area contributed by atoms with Crippen LogP contribution in [0.4, 0.5) is 0 Å². The first kappa shape index (κ1) is 17.0. The fourth-order valence-corrected chi connectivity index (χ4v) is 5.41. The van der Waals surface area contributed by atoms with E-state index in [4.69, 9.17) is 4.74 Å². The molecule has 0 bridgehead atoms. The van der Waals surface area contributed by atoms with Crippen LogP contribution in [0.1, 0.15) is 36.3 Å². The maximum atomic E-state index is 6.10. The van der Waals surface area contributed by atoms with Crippen molar-refractivity contribution in [1.82, 2.24) is 14.8 Å². The lowest BCUT2D eigenvalue weighted by Crippen LogP contribution is -2.44. The Bertz CT molecular complexity index is 549. The van der Waals surface area contributed by atoms with Crippen molar-refractivity contribution in [1.29, 1.82) is 0 Å². The summed E-state index contributed by atoms with van der Waals surface area (Å²) in [5.41, 5.74) is 3.69. The Balaban J connectivity index is 1.32. The van der Waals surface area contributed by atoms with Crippen LogP contribution in [-0.4, -0.2) is 61.2 Å². The van der Waals surface area contributed by atoms with E-state index < -0.39 is 0 Å². The van der Waals surface area contributed by atoms with Crippen LogP contribution in [0.5, 0.6) is 0 Å². The van der Waals surface area contributed by atoms with E-state index in [1.807, 2.05) is 5.51 Å². The van der Waals surface area contributed by atoms with Gasteiger partial charge >= 0.3 is 0 Å². The molecule has 0 N–H and O–H groups in total. The Labute approximate surface area is 150 Å². The molecule has 4 rings (SSSR count). The summed E-state index contributed by atoms with van der Waals surface area (Å²) in [6.07, 6.45) is 5.43. The zero-order valence-corrected chi connectivity index (χ0v) is 16.0. The molecule has 0 radical (unpaired) electrons. The molecule has 2 saturated heterocycles. The molecular formula is C19H31N3OS. The fourth-order valence-electron chi connectivity index (χ4n) is 4.60. The summed E-state index contributed by atoms with van der Waals surface area (Å²) in [5, 5.41) is 0. The maximum Gasteiger partial charge on any atom is 0.0798 e. The standard InChI is InChI=1S/C19H31N3OS/c1-15-18(24-14-20-15)10-22-7-5-19(6-8-22)13-21(2)9-17(19)12-23-11-16-3-4-16/h14,16-17H,3-13H2,1-2H3. The highest BCUT2D eigenvalue weighted by Crippen LogP contribution is 2.45. The smallest absolute Gasteiger partial charge is 0.0798 e. The molecule has 0 amide bonds. The highest BCUT2D eigenvalue weighted by molar-refractivity contribution is 7.09. The van der Waals surface area contributed by atoms with Gasteiger partial charge < -0.3 is 9.64 Å². The molecule has 3 aliphatic rings. The third-order valence-corrected chi connectivity index (χ3v) is 7.34. The van der Waals surface area contributed by atoms with Gasteiger partial charge in [-0.05, 0) is 64.1 Å². The van der Waals surface area contributed by atoms with E-state index in [9.17, 15) is 0 Å². The lowest BCUT2D eigenvalue weighted by atomic mass is 9.71. The Morgan fingerprint density at radius 3 is 2.75 bits per heavy atom. The first-order valence-corrected chi connectivity index (χ1v) is 10.4. The average molecular weight is 350 g/mol. The summed E-state index contributed by atoms with van der Waals surface area (Å²) in [6.45, 7) is 10.1. The van der Waals surface area contributed by atoms with Gasteiger partial charge in [-0.15, -0.1) is 11.3 Å². The summed E-state index contributed by atoms with van der Waals surface area (Å²) < 4.78 is 6.10. The number of hydrogen-bond donors (Lipinski definition) is 0. The highest BCUT2D eigenvalue weighted by Gasteiger charge is 2.47. The second-order valence-corrected chi connectivity index (χ2v) is 9.31. The molecule has 0 aromatic carbocycles. The molecule has 1 spiro atoms. The molecule has 1 aliphatic carbocycles. The van der Waals surface area contributed by atoms with Crippen molar-refractivity contribution in [3.63, 3.8) is 0 Å². The molecule has 5 heteroatoms. The van der Waals surface area contributed by atoms with E-state index >= 15 is 0 Å². The number of ether oxygens (including phenoxy) is 1. The Morgan fingerprint density at radius 2 is 2.08 bits per heavy atom. The molecule has 1 aromatic rings. The third-order valence-electron chi connectivity index (χ3n) is 6.42. The van der Waals surface area contributed by atoms with E-state index in [0.29, 0.717) is 5.41 Å². The topological polar surface area (TPSA) is 28.6 Å². The first-order chi connectivity index (χ1) is 11.6. The van der Waals surface area contributed by atoms with Crippen LogP contribution in [0.15, 0.2) is 5.51 Å². The van der Waals surface area contributed by atoms with Crippen LogP contribution in [0, 0.1) is 24.2 Å². The molecule has 134 valence electrons. The fraction of sp³-hybridized carbons (Fsp3) is 0.842. The number of nitrogens with zero attached hydrogens (tertiary/aromatic N) is 3. The summed E-state index contributed by atoms with van der Waals surface area (Å²) in [5.74, 6) is 1.61. The Morgan fingerprint density at radius 1 is 1.29 bits per heavy atom. The minimum absolute atomic E-state index is 0.498. The molecule has 2 aliphatic heterocycles. The maximum absolute atomic E-state index is 6.10. The molecule has 1 aromatic heterocycles. The van der Waals surface area contributed by atoms with Gasteiger partial charge in [-0.1, -0.05) is 0 Å². The van der Waals surface area contributed by atoms with Gasteiger partial charge in [0.15, 0.2) is 0 Å². The van der Waals surface area contributed by atoms with Crippen molar-refractivity contribution >= 4 is 11.3 Å². The molecule has 3 fully saturated rings. The predicted octanol–water partition coefficient (Wildman–Crippen LogP) is 3.02. The van der Waals surface area contributed by atoms with Crippen LogP contribution in [0.3, 0.4) is 0 Å². The number of rotatable bonds is 6. The normalized spacial score (nSPS) is 28.0. The largest absolute Gasteiger partial charge is 0.381 e. The number of hydrogen-bond acceptors (Lipinski definition) is 5. The van der Waals surface area contributed by atoms with Gasteiger partial charge in [0.05, 0.1) is 17.8 Å². The number of aryl methyl sites for hydroxylation is 1. The van der Waals surface area contributed by atoms with E-state index in [1.54, 1.807) is 11.3 Å². The van der Waals surface area contributed by atoms with Crippen LogP contribution in [0.25, 0.3) is 0 Å². The van der Waals surface area contributed by atoms with Gasteiger partial charge in [-0.3, -0.25) is 4.90 Å². The second kappa shape index (κ2) is 7.02. The second-order valence-electron chi connectivity index (χ2n) is 8.37. The van der Waals surface area contributed by atoms with Crippen LogP contribution < -0.4 is 0 Å². The van der Waals surface area contributed by atoms with Gasteiger partial charge in [-0.25, -0.2) is 4.98 Å². The third kappa shape index (κ3) is 3.69. The minimum atomic E-state index is 0.498. The van der Waals surface area contributed by atoms with Crippen LogP contribution >= 0.6 is 11.3 Å². The molecule has 4 nitrogen and oxygen atoms in total. The van der Waals surface area contributed by atoms with Gasteiger partial charge in [0.2, 0.25) is 0 Å². The van der Waals surface area contributed by atoms with Crippen molar-refractivity contribution in [3.8, 4) is 0 Å². The summed E-state index contributed by atoms with van der Waals surface area (Å²) in [7, 11) is 2.29. The average Bonchev–Trinajstić information content (AvgIpc) is 3.23. The van der Waals surface area contributed by atoms with Crippen molar-refractivity contribution in [2.24, 2.45) is 17.3 Å². The molecule has 1 saturated carbocycles. The first-order valence-electron chi connectivity index (χ1n) is 9.52. The van der Waals surface area contributed by atoms with Gasteiger partial charge in [0.25, 0.3) is 0 Å². The molecular weight excluding hydrogens is 318 g/mol. The van der Waals surface area contributed by atoms with Gasteiger partial charge in [-0.2, -0.15) is 0 Å². The molecule has 1 unspecified atom stereocenters. The monoisotopic (exact) mass is 349 g/mol. The van der Waals surface area contributed by atoms with E-state index in [2.05, 4.69) is 28.8 Å². The summed E-state index contributed by atoms with van der Waals surface area (Å²) in [4.78, 5) is 11.0. The Kier molecular flexibility index (Phi) is 4.96. The zero-order chi connectivity index (χ0) is 16.6. The zero-order valence-electron chi connectivity index (χ0n) is 15.2. The number of piperidine rings is 1. The lowest BCUT2D eigenvalue weighted by Gasteiger charge is -2.42. The van der Waals surface area contributed by atoms with E-state index in [0.717, 1.165) is 31.6 Å². The van der Waals surface area contributed by atoms with Gasteiger partial charge in [0, 0.05) is 37.0 Å². The SMILES string of the molecule is Cc1ncsc1CN1CCC2(CC1)CN(C)CC2COCC1CC1. The van der Waals surface area contributed by atoms with Gasteiger partial charge in [0.1, 0.15) is 0 Å². The van der Waals surface area contributed by atoms with E-state index in [1.165, 1.54) is 62.4 Å². The quantitative estimate of drug-likeness (QED) is 0.789. The number of aromatic nitrogens is 1. The van der Waals surface area contributed by atoms with E-state index in [-0.39, 0.29) is 0 Å². The summed E-state index contributed by atoms with van der Waals surface area (Å²) in [6, 6.07) is 0. The highest BCUT2D eigenvalue weighted by atomic mass is 32.1. The minimum Gasteiger partial charge on any atom is -0.381 e. The Hall–Kier alpha value is -0.490. The number of likely N-dealkylation sites (tertiary alicyclic amines) is 2. The van der Waals surface area contributed by atoms with Crippen molar-refractivity contribution in [3.05, 3.63) is 16.1 Å². The summed E-state index contributed by atoms with van der Waals surface area (Å²) >= 11 is 1.81. The van der Waals surface area contributed by atoms with Crippen molar-refractivity contribution in [2.45, 2.75) is 39.2 Å². The molecule has 1 atom stereocenters.